The lowest BCUT2D eigenvalue weighted by Crippen LogP contribution is -2.14. The van der Waals surface area contributed by atoms with Crippen LogP contribution in [-0.4, -0.2) is 27.2 Å². The first-order chi connectivity index (χ1) is 9.51. The number of carbonyl (C=O) groups is 1. The van der Waals surface area contributed by atoms with Gasteiger partial charge in [-0.1, -0.05) is 0 Å². The van der Waals surface area contributed by atoms with Crippen LogP contribution in [0.4, 0.5) is 16.5 Å². The zero-order valence-electron chi connectivity index (χ0n) is 10.7. The van der Waals surface area contributed by atoms with Crippen LogP contribution in [0.2, 0.25) is 0 Å². The molecule has 9 heteroatoms. The van der Waals surface area contributed by atoms with Crippen LogP contribution in [0, 0.1) is 17.0 Å². The molecule has 0 atom stereocenters. The van der Waals surface area contributed by atoms with Crippen LogP contribution in [0.5, 0.6) is 0 Å². The second kappa shape index (κ2) is 5.61. The van der Waals surface area contributed by atoms with Crippen LogP contribution < -0.4 is 10.6 Å². The molecule has 104 valence electrons. The van der Waals surface area contributed by atoms with Gasteiger partial charge in [0.2, 0.25) is 5.13 Å². The third-order valence-corrected chi connectivity index (χ3v) is 3.20. The van der Waals surface area contributed by atoms with Crippen LogP contribution in [0.3, 0.4) is 0 Å². The fraction of sp³-hybridized carbons (Fsp3) is 0.182. The minimum atomic E-state index is -0.598. The quantitative estimate of drug-likeness (QED) is 0.659. The molecule has 1 heterocycles. The van der Waals surface area contributed by atoms with Gasteiger partial charge in [-0.2, -0.15) is 4.37 Å². The summed E-state index contributed by atoms with van der Waals surface area (Å²) in [5, 5.41) is 16.6. The molecule has 2 N–H and O–H groups in total. The highest BCUT2D eigenvalue weighted by atomic mass is 32.1. The van der Waals surface area contributed by atoms with Crippen molar-refractivity contribution in [2.24, 2.45) is 0 Å². The average molecular weight is 293 g/mol. The lowest BCUT2D eigenvalue weighted by atomic mass is 10.1. The molecule has 0 fully saturated rings. The summed E-state index contributed by atoms with van der Waals surface area (Å²) in [6.07, 6.45) is 0. The molecular weight excluding hydrogens is 282 g/mol. The second-order valence-electron chi connectivity index (χ2n) is 3.84. The monoisotopic (exact) mass is 293 g/mol. The Bertz CT molecular complexity index is 670. The molecule has 20 heavy (non-hydrogen) atoms. The molecule has 1 aromatic carbocycles. The summed E-state index contributed by atoms with van der Waals surface area (Å²) < 4.78 is 3.92. The van der Waals surface area contributed by atoms with Crippen molar-refractivity contribution in [3.05, 3.63) is 39.7 Å². The molecule has 0 saturated carbocycles. The Kier molecular flexibility index (Phi) is 3.89. The Balaban J connectivity index is 2.34. The van der Waals surface area contributed by atoms with Crippen molar-refractivity contribution in [1.82, 2.24) is 9.36 Å². The first kappa shape index (κ1) is 13.9. The average Bonchev–Trinajstić information content (AvgIpc) is 2.83. The maximum atomic E-state index is 12.1. The van der Waals surface area contributed by atoms with Gasteiger partial charge < -0.3 is 5.32 Å². The number of hydrogen-bond donors (Lipinski definition) is 2. The van der Waals surface area contributed by atoms with E-state index in [-0.39, 0.29) is 11.3 Å². The molecule has 0 unspecified atom stereocenters. The Morgan fingerprint density at radius 1 is 1.45 bits per heavy atom. The zero-order valence-corrected chi connectivity index (χ0v) is 11.5. The third kappa shape index (κ3) is 2.88. The second-order valence-corrected chi connectivity index (χ2v) is 4.59. The molecule has 0 aliphatic heterocycles. The highest BCUT2D eigenvalue weighted by Crippen LogP contribution is 2.24. The smallest absolute Gasteiger partial charge is 0.282 e. The molecule has 1 aromatic heterocycles. The van der Waals surface area contributed by atoms with Crippen molar-refractivity contribution >= 4 is 33.9 Å². The summed E-state index contributed by atoms with van der Waals surface area (Å²) in [6.45, 7) is 1.69. The van der Waals surface area contributed by atoms with E-state index in [2.05, 4.69) is 20.0 Å². The summed E-state index contributed by atoms with van der Waals surface area (Å²) in [6, 6.07) is 4.23. The molecule has 0 spiro atoms. The lowest BCUT2D eigenvalue weighted by molar-refractivity contribution is -0.385. The number of nitro groups is 1. The molecule has 0 saturated heterocycles. The SMILES string of the molecule is CNc1ccc([N+](=O)[O-])c(C(=O)Nc2nc(C)ns2)c1. The highest BCUT2D eigenvalue weighted by molar-refractivity contribution is 7.09. The summed E-state index contributed by atoms with van der Waals surface area (Å²) in [4.78, 5) is 26.5. The number of hydrogen-bond acceptors (Lipinski definition) is 7. The summed E-state index contributed by atoms with van der Waals surface area (Å²) >= 11 is 1.02. The molecule has 0 bridgehead atoms. The van der Waals surface area contributed by atoms with Gasteiger partial charge in [0.05, 0.1) is 4.92 Å². The number of nitro benzene ring substituents is 1. The van der Waals surface area contributed by atoms with Gasteiger partial charge in [0.25, 0.3) is 11.6 Å². The van der Waals surface area contributed by atoms with E-state index in [1.165, 1.54) is 18.2 Å². The van der Waals surface area contributed by atoms with Crippen molar-refractivity contribution in [2.45, 2.75) is 6.92 Å². The van der Waals surface area contributed by atoms with Gasteiger partial charge in [-0.05, 0) is 19.1 Å². The van der Waals surface area contributed by atoms with Crippen LogP contribution in [-0.2, 0) is 0 Å². The number of aryl methyl sites for hydroxylation is 1. The summed E-state index contributed by atoms with van der Waals surface area (Å²) in [5.41, 5.74) is 0.312. The van der Waals surface area contributed by atoms with Gasteiger partial charge in [-0.3, -0.25) is 20.2 Å². The normalized spacial score (nSPS) is 10.1. The molecule has 2 rings (SSSR count). The fourth-order valence-electron chi connectivity index (χ4n) is 1.54. The molecule has 8 nitrogen and oxygen atoms in total. The Labute approximate surface area is 118 Å². The van der Waals surface area contributed by atoms with Crippen molar-refractivity contribution in [3.63, 3.8) is 0 Å². The maximum absolute atomic E-state index is 12.1. The number of nitrogens with one attached hydrogen (secondary N) is 2. The van der Waals surface area contributed by atoms with Gasteiger partial charge in [-0.15, -0.1) is 0 Å². The number of anilines is 2. The molecule has 2 aromatic rings. The predicted molar refractivity (Wildman–Crippen MR) is 75.2 cm³/mol. The van der Waals surface area contributed by atoms with Crippen molar-refractivity contribution in [1.29, 1.82) is 0 Å². The van der Waals surface area contributed by atoms with Gasteiger partial charge in [0.1, 0.15) is 11.4 Å². The van der Waals surface area contributed by atoms with Crippen molar-refractivity contribution < 1.29 is 9.72 Å². The molecule has 0 radical (unpaired) electrons. The van der Waals surface area contributed by atoms with Crippen molar-refractivity contribution in [2.75, 3.05) is 17.7 Å². The number of amides is 1. The number of benzene rings is 1. The molecule has 0 aliphatic carbocycles. The molecule has 1 amide bonds. The van der Waals surface area contributed by atoms with Crippen LogP contribution in [0.25, 0.3) is 0 Å². The van der Waals surface area contributed by atoms with Gasteiger partial charge in [0, 0.05) is 30.3 Å². The predicted octanol–water partition coefficient (Wildman–Crippen LogP) is 2.05. The number of aromatic nitrogens is 2. The van der Waals surface area contributed by atoms with E-state index >= 15 is 0 Å². The molecular formula is C11H11N5O3S. The van der Waals surface area contributed by atoms with E-state index in [1.54, 1.807) is 14.0 Å². The van der Waals surface area contributed by atoms with Gasteiger partial charge in [-0.25, -0.2) is 4.98 Å². The van der Waals surface area contributed by atoms with Crippen LogP contribution in [0.1, 0.15) is 16.2 Å². The summed E-state index contributed by atoms with van der Waals surface area (Å²) in [7, 11) is 1.66. The van der Waals surface area contributed by atoms with Crippen LogP contribution in [0.15, 0.2) is 18.2 Å². The lowest BCUT2D eigenvalue weighted by Gasteiger charge is -2.05. The fourth-order valence-corrected chi connectivity index (χ4v) is 2.12. The maximum Gasteiger partial charge on any atom is 0.282 e. The number of nitrogens with zero attached hydrogens (tertiary/aromatic N) is 3. The van der Waals surface area contributed by atoms with Gasteiger partial charge in [0.15, 0.2) is 0 Å². The van der Waals surface area contributed by atoms with E-state index < -0.39 is 10.8 Å². The van der Waals surface area contributed by atoms with Crippen molar-refractivity contribution in [3.8, 4) is 0 Å². The third-order valence-electron chi connectivity index (χ3n) is 2.47. The summed E-state index contributed by atoms with van der Waals surface area (Å²) in [5.74, 6) is -0.0614. The van der Waals surface area contributed by atoms with E-state index in [0.717, 1.165) is 11.5 Å². The Morgan fingerprint density at radius 3 is 2.75 bits per heavy atom. The minimum absolute atomic E-state index is 0.0327. The number of rotatable bonds is 4. The minimum Gasteiger partial charge on any atom is -0.388 e. The first-order valence-electron chi connectivity index (χ1n) is 5.59. The topological polar surface area (TPSA) is 110 Å². The highest BCUT2D eigenvalue weighted by Gasteiger charge is 2.21. The largest absolute Gasteiger partial charge is 0.388 e. The zero-order chi connectivity index (χ0) is 14.7. The van der Waals surface area contributed by atoms with Gasteiger partial charge >= 0.3 is 0 Å². The van der Waals surface area contributed by atoms with E-state index in [0.29, 0.717) is 16.6 Å². The standard InChI is InChI=1S/C11H11N5O3S/c1-6-13-11(20-15-6)14-10(17)8-5-7(12-2)3-4-9(8)16(18)19/h3-5,12H,1-2H3,(H,13,14,15,17). The van der Waals surface area contributed by atoms with E-state index in [4.69, 9.17) is 0 Å². The molecule has 0 aliphatic rings. The Hall–Kier alpha value is -2.55. The van der Waals surface area contributed by atoms with E-state index in [1.807, 2.05) is 0 Å². The number of carbonyl (C=O) groups excluding carboxylic acids is 1. The first-order valence-corrected chi connectivity index (χ1v) is 6.36. The Morgan fingerprint density at radius 2 is 2.20 bits per heavy atom. The van der Waals surface area contributed by atoms with Crippen LogP contribution >= 0.6 is 11.5 Å². The van der Waals surface area contributed by atoms with E-state index in [9.17, 15) is 14.9 Å².